The van der Waals surface area contributed by atoms with Crippen molar-refractivity contribution < 1.29 is 38.0 Å². The molecular weight excluding hydrogens is 430 g/mol. The highest BCUT2D eigenvalue weighted by Crippen LogP contribution is 2.46. The van der Waals surface area contributed by atoms with Crippen LogP contribution in [0.4, 0.5) is 0 Å². The van der Waals surface area contributed by atoms with Crippen molar-refractivity contribution in [1.82, 2.24) is 5.32 Å². The fraction of sp³-hybridized carbons (Fsp3) is 0.417. The number of benzene rings is 2. The highest BCUT2D eigenvalue weighted by Gasteiger charge is 2.30. The van der Waals surface area contributed by atoms with Crippen LogP contribution in [-0.2, 0) is 17.6 Å². The predicted octanol–water partition coefficient (Wildman–Crippen LogP) is 2.81. The van der Waals surface area contributed by atoms with Crippen LogP contribution >= 0.6 is 0 Å². The van der Waals surface area contributed by atoms with E-state index in [9.17, 15) is 9.59 Å². The van der Waals surface area contributed by atoms with Crippen LogP contribution in [0, 0.1) is 0 Å². The van der Waals surface area contributed by atoms with Gasteiger partial charge in [0.1, 0.15) is 5.56 Å². The van der Waals surface area contributed by atoms with E-state index in [4.69, 9.17) is 28.4 Å². The van der Waals surface area contributed by atoms with Crippen molar-refractivity contribution in [2.75, 3.05) is 48.3 Å². The van der Waals surface area contributed by atoms with Crippen LogP contribution in [0.25, 0.3) is 0 Å². The van der Waals surface area contributed by atoms with Crippen molar-refractivity contribution in [3.63, 3.8) is 0 Å². The minimum atomic E-state index is -0.662. The molecule has 0 aromatic heterocycles. The van der Waals surface area contributed by atoms with E-state index in [2.05, 4.69) is 5.32 Å². The van der Waals surface area contributed by atoms with E-state index in [-0.39, 0.29) is 42.5 Å². The summed E-state index contributed by atoms with van der Waals surface area (Å²) in [4.78, 5) is 26.3. The number of carbonyl (C=O) groups is 2. The number of hydrogen-bond donors (Lipinski definition) is 1. The van der Waals surface area contributed by atoms with E-state index in [1.165, 1.54) is 21.3 Å². The lowest BCUT2D eigenvalue weighted by molar-refractivity contribution is 0.0518. The molecule has 1 N–H and O–H groups in total. The number of methoxy groups -OCH3 is 3. The van der Waals surface area contributed by atoms with Crippen LogP contribution in [-0.4, -0.2) is 60.1 Å². The van der Waals surface area contributed by atoms with E-state index in [1.807, 2.05) is 13.1 Å². The lowest BCUT2D eigenvalue weighted by atomic mass is 9.92. The van der Waals surface area contributed by atoms with E-state index in [1.54, 1.807) is 19.1 Å². The van der Waals surface area contributed by atoms with E-state index < -0.39 is 5.97 Å². The number of rotatable bonds is 11. The molecule has 0 amide bonds. The van der Waals surface area contributed by atoms with Gasteiger partial charge in [-0.1, -0.05) is 0 Å². The Morgan fingerprint density at radius 3 is 2.45 bits per heavy atom. The minimum absolute atomic E-state index is 0.0270. The summed E-state index contributed by atoms with van der Waals surface area (Å²) in [6.07, 6.45) is 0.615. The lowest BCUT2D eigenvalue weighted by Gasteiger charge is -2.18. The Hall–Kier alpha value is -3.46. The Morgan fingerprint density at radius 1 is 1.06 bits per heavy atom. The summed E-state index contributed by atoms with van der Waals surface area (Å²) in [5, 5.41) is 3.11. The third-order valence-corrected chi connectivity index (χ3v) is 5.33. The van der Waals surface area contributed by atoms with Gasteiger partial charge in [0.05, 0.1) is 27.9 Å². The zero-order chi connectivity index (χ0) is 24.0. The van der Waals surface area contributed by atoms with Gasteiger partial charge in [0, 0.05) is 17.5 Å². The molecule has 0 bridgehead atoms. The number of fused-ring (bicyclic) bond motifs is 1. The molecule has 0 saturated heterocycles. The van der Waals surface area contributed by atoms with Crippen LogP contribution < -0.4 is 29.0 Å². The molecule has 33 heavy (non-hydrogen) atoms. The molecule has 0 spiro atoms. The summed E-state index contributed by atoms with van der Waals surface area (Å²) in [5.41, 5.74) is 1.76. The summed E-state index contributed by atoms with van der Waals surface area (Å²) in [7, 11) is 6.24. The highest BCUT2D eigenvalue weighted by molar-refractivity contribution is 6.09. The van der Waals surface area contributed by atoms with E-state index in [0.29, 0.717) is 41.5 Å². The van der Waals surface area contributed by atoms with E-state index in [0.717, 1.165) is 5.56 Å². The number of ether oxygens (including phenoxy) is 6. The van der Waals surface area contributed by atoms with Gasteiger partial charge >= 0.3 is 5.97 Å². The number of carbonyl (C=O) groups excluding carboxylic acids is 2. The number of likely N-dealkylation sites (N-methyl/N-ethyl adjacent to an activating group) is 1. The standard InChI is InChI=1S/C24H29NO8/c1-6-31-24(27)20-15(7-8-18(28-3)22(20)30-5)17(26)12-16-14(9-10-25-2)11-19-23(21(16)29-4)33-13-32-19/h7-8,11,25H,6,9-10,12-13H2,1-5H3. The van der Waals surface area contributed by atoms with Gasteiger partial charge in [-0.05, 0) is 50.7 Å². The van der Waals surface area contributed by atoms with Gasteiger partial charge in [-0.25, -0.2) is 4.79 Å². The average molecular weight is 459 g/mol. The molecule has 9 heteroatoms. The Kier molecular flexibility index (Phi) is 8.00. The summed E-state index contributed by atoms with van der Waals surface area (Å²) in [6.45, 7) is 2.61. The molecule has 9 nitrogen and oxygen atoms in total. The maximum absolute atomic E-state index is 13.6. The molecule has 0 fully saturated rings. The molecule has 1 heterocycles. The average Bonchev–Trinajstić information content (AvgIpc) is 3.29. The van der Waals surface area contributed by atoms with Gasteiger partial charge in [0.25, 0.3) is 0 Å². The topological polar surface area (TPSA) is 102 Å². The molecule has 0 unspecified atom stereocenters. The van der Waals surface area contributed by atoms with Crippen LogP contribution in [0.5, 0.6) is 28.7 Å². The summed E-state index contributed by atoms with van der Waals surface area (Å²) in [5.74, 6) is 0.996. The molecule has 0 atom stereocenters. The maximum atomic E-state index is 13.6. The maximum Gasteiger partial charge on any atom is 0.342 e. The number of esters is 1. The summed E-state index contributed by atoms with van der Waals surface area (Å²) < 4.78 is 32.7. The van der Waals surface area contributed by atoms with Crippen LogP contribution in [0.1, 0.15) is 38.8 Å². The van der Waals surface area contributed by atoms with Gasteiger partial charge in [-0.3, -0.25) is 4.79 Å². The van der Waals surface area contributed by atoms with Crippen molar-refractivity contribution in [1.29, 1.82) is 0 Å². The normalized spacial score (nSPS) is 11.8. The Morgan fingerprint density at radius 2 is 1.82 bits per heavy atom. The molecule has 1 aliphatic heterocycles. The fourth-order valence-electron chi connectivity index (χ4n) is 3.81. The predicted molar refractivity (Wildman–Crippen MR) is 120 cm³/mol. The first-order valence-corrected chi connectivity index (χ1v) is 10.6. The summed E-state index contributed by atoms with van der Waals surface area (Å²) in [6, 6.07) is 5.00. The molecule has 178 valence electrons. The Labute approximate surface area is 192 Å². The molecule has 0 saturated carbocycles. The molecule has 1 aliphatic rings. The third kappa shape index (κ3) is 4.83. The van der Waals surface area contributed by atoms with Crippen LogP contribution in [0.2, 0.25) is 0 Å². The van der Waals surface area contributed by atoms with Crippen molar-refractivity contribution in [3.05, 3.63) is 40.5 Å². The number of ketones is 1. The van der Waals surface area contributed by atoms with Crippen LogP contribution in [0.15, 0.2) is 18.2 Å². The van der Waals surface area contributed by atoms with Crippen molar-refractivity contribution in [2.45, 2.75) is 19.8 Å². The van der Waals surface area contributed by atoms with Gasteiger partial charge in [0.2, 0.25) is 12.5 Å². The first-order valence-electron chi connectivity index (χ1n) is 10.6. The van der Waals surface area contributed by atoms with Crippen LogP contribution in [0.3, 0.4) is 0 Å². The molecular formula is C24H29NO8. The van der Waals surface area contributed by atoms with Gasteiger partial charge in [0.15, 0.2) is 28.8 Å². The largest absolute Gasteiger partial charge is 0.493 e. The summed E-state index contributed by atoms with van der Waals surface area (Å²) >= 11 is 0. The number of nitrogens with one attached hydrogen (secondary N) is 1. The van der Waals surface area contributed by atoms with E-state index >= 15 is 0 Å². The monoisotopic (exact) mass is 459 g/mol. The molecule has 2 aromatic carbocycles. The van der Waals surface area contributed by atoms with Crippen molar-refractivity contribution in [3.8, 4) is 28.7 Å². The molecule has 3 rings (SSSR count). The second-order valence-electron chi connectivity index (χ2n) is 7.18. The van der Waals surface area contributed by atoms with Crippen molar-refractivity contribution in [2.24, 2.45) is 0 Å². The highest BCUT2D eigenvalue weighted by atomic mass is 16.7. The Bertz CT molecular complexity index is 1030. The van der Waals surface area contributed by atoms with Gasteiger partial charge in [-0.15, -0.1) is 0 Å². The number of Topliss-reactive ketones (excluding diaryl/α,β-unsaturated/α-hetero) is 1. The molecule has 2 aromatic rings. The molecule has 0 aliphatic carbocycles. The van der Waals surface area contributed by atoms with Gasteiger partial charge < -0.3 is 33.7 Å². The minimum Gasteiger partial charge on any atom is -0.493 e. The Balaban J connectivity index is 2.10. The lowest BCUT2D eigenvalue weighted by Crippen LogP contribution is -2.17. The quantitative estimate of drug-likeness (QED) is 0.401. The first-order chi connectivity index (χ1) is 16.0. The third-order valence-electron chi connectivity index (χ3n) is 5.33. The van der Waals surface area contributed by atoms with Crippen molar-refractivity contribution >= 4 is 11.8 Å². The second kappa shape index (κ2) is 10.9. The smallest absolute Gasteiger partial charge is 0.342 e. The fourth-order valence-corrected chi connectivity index (χ4v) is 3.81. The zero-order valence-electron chi connectivity index (χ0n) is 19.5. The number of hydrogen-bond acceptors (Lipinski definition) is 9. The zero-order valence-corrected chi connectivity index (χ0v) is 19.5. The molecule has 0 radical (unpaired) electrons. The SMILES string of the molecule is CCOC(=O)c1c(C(=O)Cc2c(CCNC)cc3c(c2OC)OCO3)ccc(OC)c1OC. The van der Waals surface area contributed by atoms with Gasteiger partial charge in [-0.2, -0.15) is 0 Å². The first kappa shape index (κ1) is 24.2. The second-order valence-corrected chi connectivity index (χ2v) is 7.18.